The van der Waals surface area contributed by atoms with E-state index in [0.717, 1.165) is 17.0 Å². The number of amides is 4. The number of carbonyl (C=O) groups excluding carboxylic acids is 4. The molecule has 2 aliphatic carbocycles. The fourth-order valence-corrected chi connectivity index (χ4v) is 9.69. The van der Waals surface area contributed by atoms with E-state index in [-0.39, 0.29) is 36.6 Å². The number of allylic oxidation sites excluding steroid dienone is 2. The minimum absolute atomic E-state index is 0.0785. The Morgan fingerprint density at radius 2 is 1.59 bits per heavy atom. The zero-order valence-electron chi connectivity index (χ0n) is 28.5. The van der Waals surface area contributed by atoms with Gasteiger partial charge in [-0.05, 0) is 104 Å². The van der Waals surface area contributed by atoms with Crippen molar-refractivity contribution in [2.24, 2.45) is 17.8 Å². The van der Waals surface area contributed by atoms with Gasteiger partial charge in [0.2, 0.25) is 17.7 Å². The summed E-state index contributed by atoms with van der Waals surface area (Å²) in [6.45, 7) is 1.97. The van der Waals surface area contributed by atoms with Gasteiger partial charge >= 0.3 is 0 Å². The van der Waals surface area contributed by atoms with E-state index in [2.05, 4.69) is 4.98 Å². The number of hydrogen-bond donors (Lipinski definition) is 1. The van der Waals surface area contributed by atoms with Crippen LogP contribution in [0.2, 0.25) is 0 Å². The normalized spacial score (nSPS) is 27.6. The lowest BCUT2D eigenvalue weighted by molar-refractivity contribution is -0.125. The number of oxazole rings is 1. The van der Waals surface area contributed by atoms with Crippen molar-refractivity contribution in [3.8, 4) is 23.0 Å². The first-order chi connectivity index (χ1) is 26.0. The van der Waals surface area contributed by atoms with E-state index >= 15 is 0 Å². The maximum Gasteiger partial charge on any atom is 0.258 e. The average Bonchev–Trinajstić information content (AvgIpc) is 3.76. The van der Waals surface area contributed by atoms with Gasteiger partial charge in [-0.3, -0.25) is 24.1 Å². The highest BCUT2D eigenvalue weighted by molar-refractivity contribution is 6.58. The number of phenols is 1. The minimum atomic E-state index is -2.12. The number of aromatic nitrogens is 1. The number of hydrogen-bond acceptors (Lipinski definition) is 8. The molecular formula is C41H30Cl2FN3O7. The third-order valence-corrected chi connectivity index (χ3v) is 12.6. The molecule has 3 fully saturated rings. The van der Waals surface area contributed by atoms with Gasteiger partial charge in [0.15, 0.2) is 26.8 Å². The quantitative estimate of drug-likeness (QED) is 0.107. The summed E-state index contributed by atoms with van der Waals surface area (Å²) in [5.74, 6) is -6.30. The molecule has 54 heavy (non-hydrogen) atoms. The standard InChI is InChI=1S/C41H30Cl2FN3O7/c1-2-53-32-19-22(9-18-30(32)48)34-26-16-17-27-33(28(26)20-40(42)38(51)47(39(52)41(34,40)43)25-14-10-23(44)11-15-25)37(50)46(36(27)49)24-12-7-21(8-13-24)35-45-29-5-3-4-6-31(29)54-35/h3-16,18-19,27-28,33-34,48H,2,17,20H2,1H3. The summed E-state index contributed by atoms with van der Waals surface area (Å²) >= 11 is 14.9. The van der Waals surface area contributed by atoms with Crippen molar-refractivity contribution in [3.63, 3.8) is 0 Å². The maximum absolute atomic E-state index is 14.6. The smallest absolute Gasteiger partial charge is 0.258 e. The van der Waals surface area contributed by atoms with Crippen molar-refractivity contribution in [2.75, 3.05) is 16.4 Å². The molecule has 2 saturated heterocycles. The molecular weight excluding hydrogens is 736 g/mol. The van der Waals surface area contributed by atoms with Crippen LogP contribution < -0.4 is 14.5 Å². The van der Waals surface area contributed by atoms with E-state index in [1.165, 1.54) is 23.1 Å². The number of phenolic OH excluding ortho intramolecular Hbond substituents is 1. The van der Waals surface area contributed by atoms with Crippen molar-refractivity contribution < 1.29 is 37.8 Å². The predicted octanol–water partition coefficient (Wildman–Crippen LogP) is 7.51. The predicted molar refractivity (Wildman–Crippen MR) is 198 cm³/mol. The number of benzene rings is 4. The lowest BCUT2D eigenvalue weighted by Gasteiger charge is -2.50. The molecule has 6 unspecified atom stereocenters. The Balaban J connectivity index is 1.12. The summed E-state index contributed by atoms with van der Waals surface area (Å²) in [6, 6.07) is 23.5. The van der Waals surface area contributed by atoms with Crippen LogP contribution >= 0.6 is 23.2 Å². The third-order valence-electron chi connectivity index (χ3n) is 11.2. The zero-order valence-corrected chi connectivity index (χ0v) is 30.1. The number of imide groups is 2. The Morgan fingerprint density at radius 3 is 2.31 bits per heavy atom. The highest BCUT2D eigenvalue weighted by atomic mass is 35.5. The lowest BCUT2D eigenvalue weighted by Crippen LogP contribution is -2.60. The van der Waals surface area contributed by atoms with E-state index in [0.29, 0.717) is 39.4 Å². The van der Waals surface area contributed by atoms with E-state index in [4.69, 9.17) is 32.4 Å². The summed E-state index contributed by atoms with van der Waals surface area (Å²) in [5, 5.41) is 10.6. The van der Waals surface area contributed by atoms with Crippen LogP contribution in [0.1, 0.15) is 31.2 Å². The van der Waals surface area contributed by atoms with Gasteiger partial charge in [-0.15, -0.1) is 23.2 Å². The summed E-state index contributed by atoms with van der Waals surface area (Å²) in [6.07, 6.45) is 1.76. The zero-order chi connectivity index (χ0) is 37.7. The molecule has 9 rings (SSSR count). The van der Waals surface area contributed by atoms with Crippen molar-refractivity contribution in [3.05, 3.63) is 114 Å². The second-order valence-corrected chi connectivity index (χ2v) is 15.2. The number of alkyl halides is 2. The number of halogens is 3. The number of nitrogens with zero attached hydrogens (tertiary/aromatic N) is 3. The van der Waals surface area contributed by atoms with Crippen molar-refractivity contribution in [2.45, 2.75) is 35.4 Å². The Morgan fingerprint density at radius 1 is 0.889 bits per heavy atom. The third kappa shape index (κ3) is 4.74. The number of aromatic hydroxyl groups is 1. The van der Waals surface area contributed by atoms with Gasteiger partial charge in [-0.25, -0.2) is 14.3 Å². The van der Waals surface area contributed by atoms with Crippen LogP contribution in [-0.4, -0.2) is 50.1 Å². The topological polar surface area (TPSA) is 130 Å². The van der Waals surface area contributed by atoms with Crippen LogP contribution in [0.25, 0.3) is 22.6 Å². The molecule has 0 bridgehead atoms. The van der Waals surface area contributed by atoms with Crippen LogP contribution in [0.3, 0.4) is 0 Å². The second-order valence-electron chi connectivity index (χ2n) is 14.0. The number of para-hydroxylation sites is 2. The number of anilines is 2. The monoisotopic (exact) mass is 765 g/mol. The van der Waals surface area contributed by atoms with Gasteiger partial charge in [0, 0.05) is 11.5 Å². The highest BCUT2D eigenvalue weighted by Gasteiger charge is 2.76. The minimum Gasteiger partial charge on any atom is -0.504 e. The molecule has 0 spiro atoms. The van der Waals surface area contributed by atoms with Gasteiger partial charge < -0.3 is 14.3 Å². The van der Waals surface area contributed by atoms with Gasteiger partial charge in [0.05, 0.1) is 29.8 Å². The van der Waals surface area contributed by atoms with Crippen LogP contribution in [0.4, 0.5) is 15.8 Å². The molecule has 3 heterocycles. The summed E-state index contributed by atoms with van der Waals surface area (Å²) in [4.78, 5) is 60.2. The number of rotatable bonds is 6. The largest absolute Gasteiger partial charge is 0.504 e. The summed E-state index contributed by atoms with van der Waals surface area (Å²) < 4.78 is 25.5. The molecule has 13 heteroatoms. The second kappa shape index (κ2) is 12.3. The SMILES string of the molecule is CCOc1cc(C2C3=CCC4C(=O)N(c5ccc(-c6nc7ccccc7o6)cc5)C(=O)C4C3CC3(Cl)C(=O)N(c4ccc(F)cc4)C(=O)C23Cl)ccc1O. The molecule has 0 radical (unpaired) electrons. The van der Waals surface area contributed by atoms with Crippen LogP contribution in [0, 0.1) is 23.6 Å². The van der Waals surface area contributed by atoms with E-state index in [1.54, 1.807) is 43.3 Å². The van der Waals surface area contributed by atoms with E-state index in [1.807, 2.05) is 30.3 Å². The summed E-state index contributed by atoms with van der Waals surface area (Å²) in [7, 11) is 0. The van der Waals surface area contributed by atoms with E-state index in [9.17, 15) is 28.7 Å². The molecule has 5 aromatic rings. The van der Waals surface area contributed by atoms with Crippen molar-refractivity contribution in [1.82, 2.24) is 4.98 Å². The van der Waals surface area contributed by atoms with Crippen LogP contribution in [0.15, 0.2) is 107 Å². The molecule has 272 valence electrons. The highest BCUT2D eigenvalue weighted by Crippen LogP contribution is 2.66. The molecule has 4 amide bonds. The summed E-state index contributed by atoms with van der Waals surface area (Å²) in [5.41, 5.74) is 3.40. The number of ether oxygens (including phenoxy) is 1. The number of fused-ring (bicyclic) bond motifs is 5. The first-order valence-corrected chi connectivity index (χ1v) is 18.2. The Labute approximate surface area is 317 Å². The fourth-order valence-electron chi connectivity index (χ4n) is 8.76. The maximum atomic E-state index is 14.6. The number of carbonyl (C=O) groups is 4. The lowest BCUT2D eigenvalue weighted by atomic mass is 9.56. The first kappa shape index (κ1) is 34.3. The molecule has 1 N–H and O–H groups in total. The molecule has 4 aromatic carbocycles. The molecule has 1 saturated carbocycles. The van der Waals surface area contributed by atoms with Gasteiger partial charge in [0.25, 0.3) is 11.8 Å². The molecule has 4 aliphatic rings. The Bertz CT molecular complexity index is 2420. The average molecular weight is 767 g/mol. The Hall–Kier alpha value is -5.52. The Kier molecular flexibility index (Phi) is 7.78. The van der Waals surface area contributed by atoms with Crippen molar-refractivity contribution in [1.29, 1.82) is 0 Å². The van der Waals surface area contributed by atoms with E-state index < -0.39 is 62.9 Å². The first-order valence-electron chi connectivity index (χ1n) is 17.5. The van der Waals surface area contributed by atoms with Crippen LogP contribution in [0.5, 0.6) is 11.5 Å². The molecule has 10 nitrogen and oxygen atoms in total. The van der Waals surface area contributed by atoms with Crippen molar-refractivity contribution >= 4 is 69.3 Å². The van der Waals surface area contributed by atoms with Gasteiger partial charge in [0.1, 0.15) is 11.3 Å². The fraction of sp³-hybridized carbons (Fsp3) is 0.244. The molecule has 6 atom stereocenters. The van der Waals surface area contributed by atoms with Gasteiger partial charge in [-0.2, -0.15) is 0 Å². The molecule has 2 aliphatic heterocycles. The van der Waals surface area contributed by atoms with Gasteiger partial charge in [-0.1, -0.05) is 29.8 Å². The molecule has 1 aromatic heterocycles. The van der Waals surface area contributed by atoms with Crippen LogP contribution in [-0.2, 0) is 19.2 Å².